The molecular formula is C86H126N6O9S3Y-2. The van der Waals surface area contributed by atoms with E-state index in [1.165, 1.54) is 15.7 Å². The standard InChI is InChI=1S/C28H40N2O3S.C25H33N2O3S.C24H32N2O3S.C5H12.C4H9.Y/c1-18-25(34-17-29-18)20-11-8-19(9-12-20)10-13-24(32)23-14-21(31)16-30(23)26(33)22(28(5,6)7)15-27(2,3)4;1-6-20(25(3,4)5)24(30)27-14-19(28)13-21(27)22(29)12-9-17-7-10-18(11-8-17)23-16(2)26-15-31-23;1-15(24(3,4)5)23(29)26-13-19(27)12-20(26)21(28)11-8-17-6-9-18(10-7-17)22-16(2)25-14-30-22;1-5(2,3)4;1-4(2)3;/h8-9,11-12,17,21-23,31H,10,13-16H2,1-7H3;7,10-11,15,19-21,28H,6,9,12-14H2,1-5H3;6-7,9-10,14-15,19-20,27H,8,11-13H2,1-5H3;1-4H3;1-3H3;/q;-1;;;-1;/t21-,22?,23+;19-,20?,21+;15?,19-,20+;;;/m111.../s1. The molecule has 19 heteroatoms. The molecule has 6 aromatic rings. The topological polar surface area (TPSA) is 211 Å². The molecule has 577 valence electrons. The zero-order chi connectivity index (χ0) is 78.1. The van der Waals surface area contributed by atoms with Gasteiger partial charge in [-0.15, -0.1) is 39.6 Å². The number of carbonyl (C=O) groups is 6. The summed E-state index contributed by atoms with van der Waals surface area (Å²) in [6.07, 6.45) is 3.45. The normalized spacial score (nSPS) is 19.1. The third kappa shape index (κ3) is 29.0. The first-order valence-electron chi connectivity index (χ1n) is 37.4. The summed E-state index contributed by atoms with van der Waals surface area (Å²) in [7, 11) is 0. The first kappa shape index (κ1) is 92.3. The second-order valence-electron chi connectivity index (χ2n) is 35.5. The molecule has 0 spiro atoms. The fourth-order valence-corrected chi connectivity index (χ4v) is 15.5. The van der Waals surface area contributed by atoms with E-state index in [9.17, 15) is 44.1 Å². The van der Waals surface area contributed by atoms with Crippen LogP contribution in [-0.4, -0.2) is 136 Å². The van der Waals surface area contributed by atoms with Crippen LogP contribution in [-0.2, 0) is 80.7 Å². The van der Waals surface area contributed by atoms with Gasteiger partial charge in [-0.3, -0.25) is 33.8 Å². The molecule has 3 aromatic heterocycles. The number of amides is 3. The van der Waals surface area contributed by atoms with Crippen molar-refractivity contribution in [3.05, 3.63) is 129 Å². The first-order valence-corrected chi connectivity index (χ1v) is 40.0. The van der Waals surface area contributed by atoms with E-state index in [4.69, 9.17) is 0 Å². The quantitative estimate of drug-likeness (QED) is 0.0610. The summed E-state index contributed by atoms with van der Waals surface area (Å²) in [5, 5.41) is 30.7. The second kappa shape index (κ2) is 40.6. The number of nitrogens with zero attached hydrogens (tertiary/aromatic N) is 6. The van der Waals surface area contributed by atoms with Crippen molar-refractivity contribution in [2.75, 3.05) is 19.6 Å². The average Bonchev–Trinajstić information content (AvgIpc) is 1.54. The number of hydrogen-bond donors (Lipinski definition) is 3. The molecule has 3 aliphatic heterocycles. The van der Waals surface area contributed by atoms with Crippen LogP contribution in [0.25, 0.3) is 31.3 Å². The van der Waals surface area contributed by atoms with E-state index in [1.807, 2.05) is 90.1 Å². The van der Waals surface area contributed by atoms with E-state index in [-0.39, 0.29) is 127 Å². The molecule has 1 radical (unpaired) electrons. The molecule has 6 heterocycles. The van der Waals surface area contributed by atoms with Crippen LogP contribution in [0.3, 0.4) is 0 Å². The predicted octanol–water partition coefficient (Wildman–Crippen LogP) is 18.1. The minimum absolute atomic E-state index is 0. The fourth-order valence-electron chi connectivity index (χ4n) is 13.1. The Morgan fingerprint density at radius 3 is 1.10 bits per heavy atom. The summed E-state index contributed by atoms with van der Waals surface area (Å²) in [6.45, 7) is 50.6. The molecule has 3 aromatic carbocycles. The molecule has 3 N–H and O–H groups in total. The van der Waals surface area contributed by atoms with Gasteiger partial charge >= 0.3 is 0 Å². The summed E-state index contributed by atoms with van der Waals surface area (Å²) in [5.41, 5.74) is 15.0. The molecule has 3 aliphatic rings. The van der Waals surface area contributed by atoms with Gasteiger partial charge in [-0.25, -0.2) is 9.97 Å². The summed E-state index contributed by atoms with van der Waals surface area (Å²) >= 11 is 4.86. The Balaban J connectivity index is 0.000000313. The Kier molecular flexibility index (Phi) is 35.7. The van der Waals surface area contributed by atoms with Gasteiger partial charge in [0.25, 0.3) is 0 Å². The maximum atomic E-state index is 13.6. The smallest absolute Gasteiger partial charge is 0.226 e. The van der Waals surface area contributed by atoms with Gasteiger partial charge in [0.2, 0.25) is 17.7 Å². The number of carbonyl (C=O) groups excluding carboxylic acids is 6. The molecule has 3 amide bonds. The number of β-amino-alcohol motifs (C(OH)–C–C–N with tert-alkyl or cyclic N) is 3. The molecule has 0 bridgehead atoms. The van der Waals surface area contributed by atoms with Gasteiger partial charge < -0.3 is 35.9 Å². The maximum Gasteiger partial charge on any atom is 0.226 e. The van der Waals surface area contributed by atoms with Crippen LogP contribution in [0.15, 0.2) is 83.3 Å². The Labute approximate surface area is 668 Å². The van der Waals surface area contributed by atoms with Crippen molar-refractivity contribution in [3.63, 3.8) is 0 Å². The number of rotatable bonds is 20. The molecule has 3 fully saturated rings. The number of Topliss-reactive ketones (excluding diaryl/α,β-unsaturated/α-hetero) is 3. The van der Waals surface area contributed by atoms with Crippen LogP contribution in [0.1, 0.15) is 231 Å². The summed E-state index contributed by atoms with van der Waals surface area (Å²) in [4.78, 5) is 100. The van der Waals surface area contributed by atoms with E-state index in [1.54, 1.807) is 48.7 Å². The van der Waals surface area contributed by atoms with Crippen molar-refractivity contribution in [2.45, 2.75) is 273 Å². The van der Waals surface area contributed by atoms with Gasteiger partial charge in [-0.1, -0.05) is 173 Å². The third-order valence-corrected chi connectivity index (χ3v) is 22.1. The number of hydrogen-bond acceptors (Lipinski definition) is 15. The summed E-state index contributed by atoms with van der Waals surface area (Å²) < 4.78 is 0. The van der Waals surface area contributed by atoms with Gasteiger partial charge in [0, 0.05) is 119 Å². The van der Waals surface area contributed by atoms with Crippen molar-refractivity contribution in [1.82, 2.24) is 29.7 Å². The van der Waals surface area contributed by atoms with Gasteiger partial charge in [0.05, 0.1) is 74.1 Å². The van der Waals surface area contributed by atoms with Crippen LogP contribution in [0.5, 0.6) is 0 Å². The van der Waals surface area contributed by atoms with E-state index in [2.05, 4.69) is 180 Å². The van der Waals surface area contributed by atoms with Crippen molar-refractivity contribution in [3.8, 4) is 31.3 Å². The van der Waals surface area contributed by atoms with Crippen molar-refractivity contribution >= 4 is 69.1 Å². The van der Waals surface area contributed by atoms with E-state index < -0.39 is 36.4 Å². The summed E-state index contributed by atoms with van der Waals surface area (Å²) in [6, 6.07) is 24.2. The molecule has 9 rings (SSSR count). The number of thiazole rings is 3. The number of aryl methyl sites for hydroxylation is 6. The Hall–Kier alpha value is -5.05. The molecule has 3 unspecified atom stereocenters. The molecule has 15 nitrogen and oxygen atoms in total. The first-order chi connectivity index (χ1) is 48.2. The van der Waals surface area contributed by atoms with Gasteiger partial charge in [-0.05, 0) is 102 Å². The van der Waals surface area contributed by atoms with Crippen LogP contribution in [0, 0.1) is 77.6 Å². The molecular weight excluding hydrogens is 1450 g/mol. The molecule has 3 saturated heterocycles. The number of benzene rings is 3. The van der Waals surface area contributed by atoms with Crippen molar-refractivity contribution < 1.29 is 76.8 Å². The number of likely N-dealkylation sites (tertiary alicyclic amines) is 3. The molecule has 9 atom stereocenters. The Morgan fingerprint density at radius 2 is 0.810 bits per heavy atom. The Bertz CT molecular complexity index is 3700. The largest absolute Gasteiger partial charge is 0.391 e. The third-order valence-electron chi connectivity index (χ3n) is 19.2. The zero-order valence-electron chi connectivity index (χ0n) is 68.0. The van der Waals surface area contributed by atoms with Crippen LogP contribution in [0.4, 0.5) is 0 Å². The fraction of sp³-hybridized carbons (Fsp3) is 0.605. The number of aliphatic hydroxyl groups is 3. The minimum atomic E-state index is -0.643. The van der Waals surface area contributed by atoms with Gasteiger partial charge in [-0.2, -0.15) is 50.6 Å². The monoisotopic (exact) mass is 1570 g/mol. The Morgan fingerprint density at radius 1 is 0.495 bits per heavy atom. The zero-order valence-corrected chi connectivity index (χ0v) is 73.2. The van der Waals surface area contributed by atoms with Crippen LogP contribution < -0.4 is 0 Å². The van der Waals surface area contributed by atoms with Gasteiger partial charge in [0.15, 0.2) is 17.3 Å². The second-order valence-corrected chi connectivity index (χ2v) is 38.0. The molecule has 0 saturated carbocycles. The number of aromatic nitrogens is 3. The predicted molar refractivity (Wildman–Crippen MR) is 428 cm³/mol. The average molecular weight is 1570 g/mol. The number of aliphatic hydroxyl groups excluding tert-OH is 3. The van der Waals surface area contributed by atoms with Gasteiger partial charge in [0.1, 0.15) is 0 Å². The molecule has 105 heavy (non-hydrogen) atoms. The SMILES string of the molecule is CC(C)(C)C.CCC(C(=O)N1C[C@H](O)C[C@H]1C(=O)CCc1[c-]cc(-c2scnc2C)cc1)C(C)(C)C.C[C-](C)C.Cc1ncsc1-c1ccc(CCC(=O)[C@@H]2C[C@@H](O)CN2C(=O)C(C)C(C)(C)C)cc1.Cc1ncsc1-c1ccc(CCC(=O)[C@@H]2C[C@@H](O)CN2C(=O)C(CC(C)(C)C)C(C)(C)C)cc1.[Y]. The van der Waals surface area contributed by atoms with E-state index in [0.717, 1.165) is 68.2 Å². The minimum Gasteiger partial charge on any atom is -0.391 e. The van der Waals surface area contributed by atoms with Crippen LogP contribution in [0.2, 0.25) is 0 Å². The van der Waals surface area contributed by atoms with Crippen LogP contribution >= 0.6 is 34.0 Å². The van der Waals surface area contributed by atoms with Crippen molar-refractivity contribution in [2.24, 2.45) is 44.8 Å². The van der Waals surface area contributed by atoms with Crippen molar-refractivity contribution in [1.29, 1.82) is 0 Å². The number of ketones is 3. The maximum absolute atomic E-state index is 13.6. The van der Waals surface area contributed by atoms with E-state index >= 15 is 0 Å². The molecule has 0 aliphatic carbocycles. The summed E-state index contributed by atoms with van der Waals surface area (Å²) in [5.74, 6) is 0.883. The van der Waals surface area contributed by atoms with E-state index in [0.29, 0.717) is 63.2 Å².